The Bertz CT molecular complexity index is 649. The number of hydrogen-bond acceptors (Lipinski definition) is 2. The van der Waals surface area contributed by atoms with Crippen molar-refractivity contribution in [2.75, 3.05) is 5.32 Å². The van der Waals surface area contributed by atoms with E-state index in [1.54, 1.807) is 11.8 Å². The quantitative estimate of drug-likeness (QED) is 0.800. The van der Waals surface area contributed by atoms with E-state index in [9.17, 15) is 4.79 Å². The van der Waals surface area contributed by atoms with Gasteiger partial charge in [0.25, 0.3) is 5.91 Å². The second-order valence-electron chi connectivity index (χ2n) is 5.47. The molecule has 1 N–H and O–H groups in total. The Morgan fingerprint density at radius 2 is 1.86 bits per heavy atom. The summed E-state index contributed by atoms with van der Waals surface area (Å²) < 4.78 is 0. The van der Waals surface area contributed by atoms with Crippen molar-refractivity contribution in [1.82, 2.24) is 0 Å². The molecular weight excluding hydrogens is 278 g/mol. The van der Waals surface area contributed by atoms with Gasteiger partial charge in [0, 0.05) is 21.4 Å². The maximum Gasteiger partial charge on any atom is 0.255 e. The van der Waals surface area contributed by atoms with Crippen LogP contribution in [0.5, 0.6) is 0 Å². The molecule has 0 aromatic heterocycles. The Kier molecular flexibility index (Phi) is 5.07. The third-order valence-electron chi connectivity index (χ3n) is 3.11. The molecule has 2 aromatic rings. The van der Waals surface area contributed by atoms with Crippen LogP contribution < -0.4 is 5.32 Å². The van der Waals surface area contributed by atoms with Gasteiger partial charge in [-0.2, -0.15) is 0 Å². The molecular formula is C18H21NOS. The largest absolute Gasteiger partial charge is 0.322 e. The van der Waals surface area contributed by atoms with Crippen molar-refractivity contribution in [2.45, 2.75) is 37.8 Å². The molecule has 2 rings (SSSR count). The molecule has 0 saturated heterocycles. The zero-order valence-electron chi connectivity index (χ0n) is 12.9. The van der Waals surface area contributed by atoms with Crippen LogP contribution in [0.25, 0.3) is 0 Å². The fourth-order valence-electron chi connectivity index (χ4n) is 2.05. The average Bonchev–Trinajstić information content (AvgIpc) is 2.42. The standard InChI is InChI=1S/C18H21NOS/c1-12(2)21-16-7-5-6-15(11-16)18(20)19-17-10-13(3)8-9-14(17)4/h5-12H,1-4H3,(H,19,20). The second kappa shape index (κ2) is 6.81. The predicted octanol–water partition coefficient (Wildman–Crippen LogP) is 5.06. The van der Waals surface area contributed by atoms with Crippen molar-refractivity contribution in [3.05, 3.63) is 59.2 Å². The van der Waals surface area contributed by atoms with Crippen LogP contribution in [0.1, 0.15) is 35.3 Å². The molecule has 0 aliphatic heterocycles. The van der Waals surface area contributed by atoms with Crippen molar-refractivity contribution in [2.24, 2.45) is 0 Å². The van der Waals surface area contributed by atoms with Gasteiger partial charge in [-0.3, -0.25) is 4.79 Å². The molecule has 0 saturated carbocycles. The fourth-order valence-corrected chi connectivity index (χ4v) is 2.94. The van der Waals surface area contributed by atoms with E-state index < -0.39 is 0 Å². The number of aryl methyl sites for hydroxylation is 2. The van der Waals surface area contributed by atoms with E-state index in [1.165, 1.54) is 0 Å². The van der Waals surface area contributed by atoms with Crippen molar-refractivity contribution >= 4 is 23.4 Å². The van der Waals surface area contributed by atoms with Crippen LogP contribution in [0.2, 0.25) is 0 Å². The molecule has 2 aromatic carbocycles. The van der Waals surface area contributed by atoms with Gasteiger partial charge in [-0.25, -0.2) is 0 Å². The lowest BCUT2D eigenvalue weighted by molar-refractivity contribution is 0.102. The SMILES string of the molecule is Cc1ccc(C)c(NC(=O)c2cccc(SC(C)C)c2)c1. The summed E-state index contributed by atoms with van der Waals surface area (Å²) in [7, 11) is 0. The molecule has 0 spiro atoms. The number of amides is 1. The highest BCUT2D eigenvalue weighted by molar-refractivity contribution is 7.99. The monoisotopic (exact) mass is 299 g/mol. The van der Waals surface area contributed by atoms with Gasteiger partial charge in [0.05, 0.1) is 0 Å². The molecule has 110 valence electrons. The molecule has 0 radical (unpaired) electrons. The normalized spacial score (nSPS) is 10.7. The summed E-state index contributed by atoms with van der Waals surface area (Å²) in [6.07, 6.45) is 0. The van der Waals surface area contributed by atoms with Gasteiger partial charge in [0.15, 0.2) is 0 Å². The van der Waals surface area contributed by atoms with Gasteiger partial charge < -0.3 is 5.32 Å². The van der Waals surface area contributed by atoms with Gasteiger partial charge in [-0.15, -0.1) is 11.8 Å². The summed E-state index contributed by atoms with van der Waals surface area (Å²) in [5.74, 6) is -0.0603. The zero-order chi connectivity index (χ0) is 15.4. The van der Waals surface area contributed by atoms with Crippen molar-refractivity contribution < 1.29 is 4.79 Å². The number of rotatable bonds is 4. The minimum Gasteiger partial charge on any atom is -0.322 e. The number of carbonyl (C=O) groups excluding carboxylic acids is 1. The minimum atomic E-state index is -0.0603. The smallest absolute Gasteiger partial charge is 0.255 e. The highest BCUT2D eigenvalue weighted by Crippen LogP contribution is 2.24. The van der Waals surface area contributed by atoms with Gasteiger partial charge in [0.2, 0.25) is 0 Å². The third kappa shape index (κ3) is 4.36. The first-order chi connectivity index (χ1) is 9.95. The maximum absolute atomic E-state index is 12.4. The summed E-state index contributed by atoms with van der Waals surface area (Å²) >= 11 is 1.76. The van der Waals surface area contributed by atoms with Crippen LogP contribution in [0, 0.1) is 13.8 Å². The molecule has 1 amide bonds. The lowest BCUT2D eigenvalue weighted by atomic mass is 10.1. The second-order valence-corrected chi connectivity index (χ2v) is 7.12. The van der Waals surface area contributed by atoms with Crippen LogP contribution in [0.15, 0.2) is 47.4 Å². The van der Waals surface area contributed by atoms with Crippen LogP contribution >= 0.6 is 11.8 Å². The van der Waals surface area contributed by atoms with E-state index in [1.807, 2.05) is 56.3 Å². The van der Waals surface area contributed by atoms with Crippen LogP contribution in [0.3, 0.4) is 0 Å². The van der Waals surface area contributed by atoms with Crippen molar-refractivity contribution in [1.29, 1.82) is 0 Å². The molecule has 0 aliphatic carbocycles. The lowest BCUT2D eigenvalue weighted by Gasteiger charge is -2.11. The Morgan fingerprint density at radius 1 is 1.10 bits per heavy atom. The van der Waals surface area contributed by atoms with E-state index in [0.717, 1.165) is 21.7 Å². The molecule has 0 fully saturated rings. The van der Waals surface area contributed by atoms with Gasteiger partial charge in [-0.1, -0.05) is 32.0 Å². The molecule has 0 heterocycles. The summed E-state index contributed by atoms with van der Waals surface area (Å²) in [6.45, 7) is 8.32. The highest BCUT2D eigenvalue weighted by Gasteiger charge is 2.09. The topological polar surface area (TPSA) is 29.1 Å². The summed E-state index contributed by atoms with van der Waals surface area (Å²) in [5.41, 5.74) is 3.78. The Labute approximate surface area is 131 Å². The van der Waals surface area contributed by atoms with Crippen molar-refractivity contribution in [3.8, 4) is 0 Å². The average molecular weight is 299 g/mol. The van der Waals surface area contributed by atoms with Crippen LogP contribution in [-0.2, 0) is 0 Å². The summed E-state index contributed by atoms with van der Waals surface area (Å²) in [5, 5.41) is 3.50. The number of benzene rings is 2. The number of nitrogens with one attached hydrogen (secondary N) is 1. The number of carbonyl (C=O) groups is 1. The number of hydrogen-bond donors (Lipinski definition) is 1. The Balaban J connectivity index is 2.18. The van der Waals surface area contributed by atoms with Crippen LogP contribution in [-0.4, -0.2) is 11.2 Å². The number of thioether (sulfide) groups is 1. The minimum absolute atomic E-state index is 0.0603. The number of anilines is 1. The zero-order valence-corrected chi connectivity index (χ0v) is 13.8. The molecule has 0 atom stereocenters. The van der Waals surface area contributed by atoms with E-state index in [-0.39, 0.29) is 5.91 Å². The Morgan fingerprint density at radius 3 is 2.57 bits per heavy atom. The first kappa shape index (κ1) is 15.6. The molecule has 0 unspecified atom stereocenters. The molecule has 2 nitrogen and oxygen atoms in total. The Hall–Kier alpha value is -1.74. The molecule has 0 bridgehead atoms. The molecule has 21 heavy (non-hydrogen) atoms. The van der Waals surface area contributed by atoms with Gasteiger partial charge >= 0.3 is 0 Å². The highest BCUT2D eigenvalue weighted by atomic mass is 32.2. The summed E-state index contributed by atoms with van der Waals surface area (Å²) in [6, 6.07) is 13.8. The molecule has 0 aliphatic rings. The fraction of sp³-hybridized carbons (Fsp3) is 0.278. The van der Waals surface area contributed by atoms with Gasteiger partial charge in [0.1, 0.15) is 0 Å². The first-order valence-electron chi connectivity index (χ1n) is 7.11. The molecule has 3 heteroatoms. The van der Waals surface area contributed by atoms with E-state index in [0.29, 0.717) is 10.8 Å². The maximum atomic E-state index is 12.4. The van der Waals surface area contributed by atoms with E-state index >= 15 is 0 Å². The third-order valence-corrected chi connectivity index (χ3v) is 4.11. The van der Waals surface area contributed by atoms with Crippen molar-refractivity contribution in [3.63, 3.8) is 0 Å². The van der Waals surface area contributed by atoms with Gasteiger partial charge in [-0.05, 0) is 49.2 Å². The lowest BCUT2D eigenvalue weighted by Crippen LogP contribution is -2.13. The first-order valence-corrected chi connectivity index (χ1v) is 7.99. The predicted molar refractivity (Wildman–Crippen MR) is 91.3 cm³/mol. The van der Waals surface area contributed by atoms with Crippen LogP contribution in [0.4, 0.5) is 5.69 Å². The van der Waals surface area contributed by atoms with E-state index in [4.69, 9.17) is 0 Å². The van der Waals surface area contributed by atoms with E-state index in [2.05, 4.69) is 19.2 Å². The summed E-state index contributed by atoms with van der Waals surface area (Å²) in [4.78, 5) is 13.5.